The number of carboxylic acid groups (broad SMARTS) is 1. The number of rotatable bonds is 7. The van der Waals surface area contributed by atoms with Crippen molar-refractivity contribution in [3.63, 3.8) is 0 Å². The van der Waals surface area contributed by atoms with Crippen LogP contribution in [0.4, 0.5) is 0 Å². The van der Waals surface area contributed by atoms with Gasteiger partial charge in [-0.1, -0.05) is 54.0 Å². The zero-order valence-corrected chi connectivity index (χ0v) is 18.0. The molecule has 0 bridgehead atoms. The Balaban J connectivity index is 2.11. The van der Waals surface area contributed by atoms with Crippen LogP contribution in [0.1, 0.15) is 80.1 Å². The minimum atomic E-state index is -0.762. The van der Waals surface area contributed by atoms with Crippen molar-refractivity contribution in [3.05, 3.63) is 11.6 Å². The molecule has 0 aromatic heterocycles. The molecule has 27 heavy (non-hydrogen) atoms. The molecule has 1 N–H and O–H groups in total. The van der Waals surface area contributed by atoms with E-state index in [-0.39, 0.29) is 34.6 Å². The first-order valence-electron chi connectivity index (χ1n) is 10.6. The molecular weight excluding hydrogens is 340 g/mol. The summed E-state index contributed by atoms with van der Waals surface area (Å²) in [5.74, 6) is -0.185. The van der Waals surface area contributed by atoms with E-state index in [9.17, 15) is 14.7 Å². The molecule has 1 fully saturated rings. The summed E-state index contributed by atoms with van der Waals surface area (Å²) in [6, 6.07) is 0. The van der Waals surface area contributed by atoms with E-state index in [2.05, 4.69) is 27.7 Å². The molecular formula is C23H38O4. The zero-order valence-electron chi connectivity index (χ0n) is 18.0. The molecule has 0 radical (unpaired) electrons. The summed E-state index contributed by atoms with van der Waals surface area (Å²) in [5, 5.41) is 9.81. The van der Waals surface area contributed by atoms with Gasteiger partial charge in [0.05, 0.1) is 12.5 Å². The molecule has 0 aromatic rings. The molecule has 0 aromatic carbocycles. The van der Waals surface area contributed by atoms with E-state index in [1.54, 1.807) is 0 Å². The van der Waals surface area contributed by atoms with Crippen LogP contribution in [0.25, 0.3) is 0 Å². The first-order chi connectivity index (χ1) is 12.5. The molecule has 4 heteroatoms. The topological polar surface area (TPSA) is 63.6 Å². The highest BCUT2D eigenvalue weighted by Gasteiger charge is 2.53. The van der Waals surface area contributed by atoms with Gasteiger partial charge in [0.15, 0.2) is 0 Å². The van der Waals surface area contributed by atoms with E-state index < -0.39 is 5.97 Å². The average molecular weight is 379 g/mol. The van der Waals surface area contributed by atoms with E-state index in [4.69, 9.17) is 4.74 Å². The van der Waals surface area contributed by atoms with Crippen molar-refractivity contribution in [2.75, 3.05) is 6.61 Å². The van der Waals surface area contributed by atoms with Gasteiger partial charge in [0.1, 0.15) is 0 Å². The van der Waals surface area contributed by atoms with Gasteiger partial charge >= 0.3 is 11.9 Å². The minimum Gasteiger partial charge on any atom is -0.478 e. The van der Waals surface area contributed by atoms with E-state index in [1.807, 2.05) is 19.9 Å². The molecule has 154 valence electrons. The smallest absolute Gasteiger partial charge is 0.331 e. The second-order valence-electron chi connectivity index (χ2n) is 10.1. The largest absolute Gasteiger partial charge is 0.478 e. The number of carboxylic acids is 1. The molecule has 0 spiro atoms. The second kappa shape index (κ2) is 8.36. The molecule has 0 amide bonds. The van der Waals surface area contributed by atoms with Gasteiger partial charge in [-0.3, -0.25) is 4.79 Å². The molecule has 0 aliphatic heterocycles. The van der Waals surface area contributed by atoms with Crippen LogP contribution in [0.15, 0.2) is 11.6 Å². The van der Waals surface area contributed by atoms with Crippen molar-refractivity contribution in [2.24, 2.45) is 34.5 Å². The fourth-order valence-electron chi connectivity index (χ4n) is 5.56. The normalized spacial score (nSPS) is 31.0. The standard InChI is InChI=1S/C23H38O4/c1-15(2)21(26)27-14-16(3)8-10-18-17(20(24)25)9-11-19-22(4,5)12-7-13-23(18,19)6/h9,15-16,18-19H,7-8,10-14H2,1-6H3,(H,24,25). The maximum atomic E-state index is 11.9. The quantitative estimate of drug-likeness (QED) is 0.597. The van der Waals surface area contributed by atoms with Crippen molar-refractivity contribution in [1.82, 2.24) is 0 Å². The third-order valence-electron chi connectivity index (χ3n) is 7.20. The van der Waals surface area contributed by atoms with Crippen LogP contribution in [-0.2, 0) is 14.3 Å². The summed E-state index contributed by atoms with van der Waals surface area (Å²) in [6.45, 7) is 13.2. The van der Waals surface area contributed by atoms with Gasteiger partial charge in [0.25, 0.3) is 0 Å². The van der Waals surface area contributed by atoms with Crippen molar-refractivity contribution < 1.29 is 19.4 Å². The molecule has 2 aliphatic rings. The van der Waals surface area contributed by atoms with Gasteiger partial charge < -0.3 is 9.84 Å². The summed E-state index contributed by atoms with van der Waals surface area (Å²) >= 11 is 0. The number of fused-ring (bicyclic) bond motifs is 1. The van der Waals surface area contributed by atoms with Gasteiger partial charge in [-0.05, 0) is 60.7 Å². The Morgan fingerprint density at radius 2 is 1.89 bits per heavy atom. The van der Waals surface area contributed by atoms with Crippen molar-refractivity contribution >= 4 is 11.9 Å². The molecule has 4 unspecified atom stereocenters. The Hall–Kier alpha value is -1.32. The number of aliphatic carboxylic acids is 1. The summed E-state index contributed by atoms with van der Waals surface area (Å²) in [4.78, 5) is 23.6. The minimum absolute atomic E-state index is 0.0402. The van der Waals surface area contributed by atoms with E-state index >= 15 is 0 Å². The molecule has 2 rings (SSSR count). The summed E-state index contributed by atoms with van der Waals surface area (Å²) in [5.41, 5.74) is 0.903. The van der Waals surface area contributed by atoms with Crippen LogP contribution in [0.2, 0.25) is 0 Å². The first-order valence-corrected chi connectivity index (χ1v) is 10.6. The number of esters is 1. The van der Waals surface area contributed by atoms with Crippen LogP contribution in [-0.4, -0.2) is 23.7 Å². The fraction of sp³-hybridized carbons (Fsp3) is 0.826. The summed E-state index contributed by atoms with van der Waals surface area (Å²) in [7, 11) is 0. The first kappa shape index (κ1) is 22.0. The number of carbonyl (C=O) groups is 2. The lowest BCUT2D eigenvalue weighted by atomic mass is 9.48. The van der Waals surface area contributed by atoms with Gasteiger partial charge in [-0.25, -0.2) is 4.79 Å². The monoisotopic (exact) mass is 378 g/mol. The highest BCUT2D eigenvalue weighted by atomic mass is 16.5. The molecule has 0 saturated heterocycles. The van der Waals surface area contributed by atoms with E-state index in [1.165, 1.54) is 12.8 Å². The number of hydrogen-bond acceptors (Lipinski definition) is 3. The predicted octanol–water partition coefficient (Wildman–Crippen LogP) is 5.47. The second-order valence-corrected chi connectivity index (χ2v) is 10.1. The number of ether oxygens (including phenoxy) is 1. The van der Waals surface area contributed by atoms with E-state index in [0.717, 1.165) is 25.7 Å². The SMILES string of the molecule is CC(CCC1C(C(=O)O)=CCC2C(C)(C)CCCC12C)COC(=O)C(C)C. The lowest BCUT2D eigenvalue weighted by molar-refractivity contribution is -0.148. The van der Waals surface area contributed by atoms with Crippen LogP contribution < -0.4 is 0 Å². The third kappa shape index (κ3) is 4.75. The van der Waals surface area contributed by atoms with Crippen LogP contribution >= 0.6 is 0 Å². The van der Waals surface area contributed by atoms with Crippen LogP contribution in [0.5, 0.6) is 0 Å². The summed E-state index contributed by atoms with van der Waals surface area (Å²) in [6.07, 6.45) is 8.10. The Morgan fingerprint density at radius 1 is 1.22 bits per heavy atom. The Morgan fingerprint density at radius 3 is 2.48 bits per heavy atom. The number of hydrogen-bond donors (Lipinski definition) is 1. The van der Waals surface area contributed by atoms with Gasteiger partial charge in [-0.15, -0.1) is 0 Å². The third-order valence-corrected chi connectivity index (χ3v) is 7.20. The molecule has 0 heterocycles. The van der Waals surface area contributed by atoms with Crippen molar-refractivity contribution in [3.8, 4) is 0 Å². The Bertz CT molecular complexity index is 589. The average Bonchev–Trinajstić information content (AvgIpc) is 2.56. The molecule has 4 nitrogen and oxygen atoms in total. The van der Waals surface area contributed by atoms with Crippen molar-refractivity contribution in [2.45, 2.75) is 80.1 Å². The van der Waals surface area contributed by atoms with Gasteiger partial charge in [0, 0.05) is 5.57 Å². The Labute approximate surface area is 164 Å². The summed E-state index contributed by atoms with van der Waals surface area (Å²) < 4.78 is 5.37. The van der Waals surface area contributed by atoms with Crippen LogP contribution in [0.3, 0.4) is 0 Å². The number of carbonyl (C=O) groups excluding carboxylic acids is 1. The van der Waals surface area contributed by atoms with Gasteiger partial charge in [0.2, 0.25) is 0 Å². The molecule has 4 atom stereocenters. The lowest BCUT2D eigenvalue weighted by Crippen LogP contribution is -2.49. The fourth-order valence-corrected chi connectivity index (χ4v) is 5.56. The maximum absolute atomic E-state index is 11.9. The Kier molecular flexibility index (Phi) is 6.81. The highest BCUT2D eigenvalue weighted by molar-refractivity contribution is 5.87. The number of allylic oxidation sites excluding steroid dienone is 1. The maximum Gasteiger partial charge on any atom is 0.331 e. The van der Waals surface area contributed by atoms with Crippen molar-refractivity contribution in [1.29, 1.82) is 0 Å². The van der Waals surface area contributed by atoms with Gasteiger partial charge in [-0.2, -0.15) is 0 Å². The predicted molar refractivity (Wildman–Crippen MR) is 107 cm³/mol. The zero-order chi connectivity index (χ0) is 20.4. The highest BCUT2D eigenvalue weighted by Crippen LogP contribution is 2.60. The lowest BCUT2D eigenvalue weighted by Gasteiger charge is -2.56. The van der Waals surface area contributed by atoms with E-state index in [0.29, 0.717) is 18.1 Å². The van der Waals surface area contributed by atoms with Crippen LogP contribution in [0, 0.1) is 34.5 Å². The molecule has 2 aliphatic carbocycles. The molecule has 1 saturated carbocycles.